The van der Waals surface area contributed by atoms with Crippen molar-refractivity contribution in [3.63, 3.8) is 0 Å². The molecule has 5 rings (SSSR count). The zero-order valence-corrected chi connectivity index (χ0v) is 19.3. The summed E-state index contributed by atoms with van der Waals surface area (Å²) in [5, 5.41) is 3.57. The first kappa shape index (κ1) is 23.2. The molecule has 1 unspecified atom stereocenters. The highest BCUT2D eigenvalue weighted by molar-refractivity contribution is 5.92. The highest BCUT2D eigenvalue weighted by Gasteiger charge is 2.39. The summed E-state index contributed by atoms with van der Waals surface area (Å²) in [6.07, 6.45) is -2.99. The van der Waals surface area contributed by atoms with E-state index >= 15 is 0 Å². The lowest BCUT2D eigenvalue weighted by Gasteiger charge is -2.27. The van der Waals surface area contributed by atoms with Gasteiger partial charge in [0.15, 0.2) is 0 Å². The summed E-state index contributed by atoms with van der Waals surface area (Å²) in [5.74, 6) is 0.850. The molecule has 9 heteroatoms. The van der Waals surface area contributed by atoms with Gasteiger partial charge in [-0.05, 0) is 36.2 Å². The third-order valence-corrected chi connectivity index (χ3v) is 6.21. The lowest BCUT2D eigenvalue weighted by Crippen LogP contribution is -2.38. The Morgan fingerprint density at radius 1 is 1.03 bits per heavy atom. The average molecular weight is 482 g/mol. The second-order valence-electron chi connectivity index (χ2n) is 8.75. The summed E-state index contributed by atoms with van der Waals surface area (Å²) in [6, 6.07) is 14.4. The number of hydrogen-bond acceptors (Lipinski definition) is 5. The molecule has 182 valence electrons. The van der Waals surface area contributed by atoms with E-state index in [0.29, 0.717) is 30.1 Å². The Balaban J connectivity index is 1.35. The van der Waals surface area contributed by atoms with Gasteiger partial charge in [0, 0.05) is 30.9 Å². The Bertz CT molecular complexity index is 1280. The van der Waals surface area contributed by atoms with Crippen molar-refractivity contribution < 1.29 is 17.9 Å². The molecule has 2 N–H and O–H groups in total. The van der Waals surface area contributed by atoms with Gasteiger partial charge in [0.25, 0.3) is 0 Å². The second kappa shape index (κ2) is 9.58. The summed E-state index contributed by atoms with van der Waals surface area (Å²) >= 11 is 0. The summed E-state index contributed by atoms with van der Waals surface area (Å²) in [7, 11) is 0. The first-order valence-corrected chi connectivity index (χ1v) is 11.5. The molecule has 1 atom stereocenters. The van der Waals surface area contributed by atoms with Gasteiger partial charge in [0.2, 0.25) is 0 Å². The van der Waals surface area contributed by atoms with Crippen LogP contribution in [-0.2, 0) is 11.2 Å². The minimum absolute atomic E-state index is 0.142. The normalized spacial score (nSPS) is 15.4. The molecule has 1 aliphatic heterocycles. The van der Waals surface area contributed by atoms with Crippen molar-refractivity contribution >= 4 is 22.5 Å². The second-order valence-corrected chi connectivity index (χ2v) is 8.75. The molecular formula is C26H26F3N5O. The van der Waals surface area contributed by atoms with E-state index in [1.54, 1.807) is 36.4 Å². The van der Waals surface area contributed by atoms with Crippen LogP contribution in [0.2, 0.25) is 0 Å². The molecule has 0 amide bonds. The maximum Gasteiger partial charge on any atom is 0.408 e. The number of nitrogens with one attached hydrogen (secondary N) is 2. The van der Waals surface area contributed by atoms with E-state index in [9.17, 15) is 13.2 Å². The van der Waals surface area contributed by atoms with E-state index < -0.39 is 12.2 Å². The van der Waals surface area contributed by atoms with E-state index in [1.807, 2.05) is 25.1 Å². The minimum Gasteiger partial charge on any atom is -0.378 e. The Kier molecular flexibility index (Phi) is 6.34. The van der Waals surface area contributed by atoms with Crippen LogP contribution in [0.3, 0.4) is 0 Å². The minimum atomic E-state index is -4.38. The number of halogens is 3. The average Bonchev–Trinajstić information content (AvgIpc) is 3.30. The highest BCUT2D eigenvalue weighted by atomic mass is 19.4. The molecular weight excluding hydrogens is 455 g/mol. The van der Waals surface area contributed by atoms with Gasteiger partial charge in [-0.1, -0.05) is 42.0 Å². The van der Waals surface area contributed by atoms with Crippen molar-refractivity contribution in [1.29, 1.82) is 0 Å². The van der Waals surface area contributed by atoms with Crippen molar-refractivity contribution in [3.05, 3.63) is 72.1 Å². The van der Waals surface area contributed by atoms with Gasteiger partial charge in [-0.2, -0.15) is 13.2 Å². The van der Waals surface area contributed by atoms with Gasteiger partial charge in [-0.25, -0.2) is 9.97 Å². The molecule has 4 aromatic rings. The topological polar surface area (TPSA) is 66.1 Å². The Labute approximate surface area is 201 Å². The van der Waals surface area contributed by atoms with Gasteiger partial charge in [-0.3, -0.25) is 0 Å². The largest absolute Gasteiger partial charge is 0.408 e. The van der Waals surface area contributed by atoms with Crippen molar-refractivity contribution in [2.24, 2.45) is 0 Å². The molecule has 1 saturated heterocycles. The van der Waals surface area contributed by atoms with Crippen molar-refractivity contribution in [3.8, 4) is 11.3 Å². The van der Waals surface area contributed by atoms with Gasteiger partial charge in [0.05, 0.1) is 18.6 Å². The summed E-state index contributed by atoms with van der Waals surface area (Å²) in [5.41, 5.74) is 4.46. The zero-order chi connectivity index (χ0) is 24.4. The monoisotopic (exact) mass is 481 g/mol. The summed E-state index contributed by atoms with van der Waals surface area (Å²) < 4.78 is 46.6. The maximum absolute atomic E-state index is 13.7. The van der Waals surface area contributed by atoms with E-state index in [-0.39, 0.29) is 6.42 Å². The number of morpholine rings is 1. The molecule has 6 nitrogen and oxygen atoms in total. The van der Waals surface area contributed by atoms with Crippen molar-refractivity contribution in [2.45, 2.75) is 25.6 Å². The van der Waals surface area contributed by atoms with Crippen LogP contribution in [0.1, 0.15) is 11.1 Å². The van der Waals surface area contributed by atoms with Crippen LogP contribution in [0, 0.1) is 6.92 Å². The number of anilines is 2. The first-order chi connectivity index (χ1) is 16.9. The molecule has 1 fully saturated rings. The van der Waals surface area contributed by atoms with Crippen LogP contribution >= 0.6 is 0 Å². The predicted octanol–water partition coefficient (Wildman–Crippen LogP) is 5.36. The maximum atomic E-state index is 13.7. The number of rotatable bonds is 6. The molecule has 0 bridgehead atoms. The molecule has 3 heterocycles. The lowest BCUT2D eigenvalue weighted by atomic mass is 10.0. The number of hydrogen-bond donors (Lipinski definition) is 2. The van der Waals surface area contributed by atoms with Crippen molar-refractivity contribution in [2.75, 3.05) is 36.5 Å². The Hall–Kier alpha value is -3.59. The van der Waals surface area contributed by atoms with E-state index in [0.717, 1.165) is 41.1 Å². The molecule has 35 heavy (non-hydrogen) atoms. The van der Waals surface area contributed by atoms with E-state index in [1.165, 1.54) is 6.33 Å². The number of aromatic amines is 1. The summed E-state index contributed by atoms with van der Waals surface area (Å²) in [6.45, 7) is 4.74. The SMILES string of the molecule is Cc1ccc(CC(Nc2ccc(-c3cc4c(N5CCOCC5)ncnc4[nH]3)cc2)C(F)(F)F)cc1. The van der Waals surface area contributed by atoms with Gasteiger partial charge in [0.1, 0.15) is 23.8 Å². The van der Waals surface area contributed by atoms with Gasteiger partial charge >= 0.3 is 6.18 Å². The molecule has 0 spiro atoms. The third kappa shape index (κ3) is 5.24. The van der Waals surface area contributed by atoms with Crippen LogP contribution in [0.15, 0.2) is 60.9 Å². The first-order valence-electron chi connectivity index (χ1n) is 11.5. The third-order valence-electron chi connectivity index (χ3n) is 6.21. The van der Waals surface area contributed by atoms with Gasteiger partial charge in [-0.15, -0.1) is 0 Å². The highest BCUT2D eigenvalue weighted by Crippen LogP contribution is 2.31. The van der Waals surface area contributed by atoms with Crippen LogP contribution in [0.25, 0.3) is 22.3 Å². The standard InChI is InChI=1S/C26H26F3N5O/c1-17-2-4-18(5-3-17)14-23(26(27,28)29)32-20-8-6-19(7-9-20)22-15-21-24(33-22)30-16-31-25(21)34-10-12-35-13-11-34/h2-9,15-16,23,32H,10-14H2,1H3,(H,30,31,33). The van der Waals surface area contributed by atoms with Crippen LogP contribution < -0.4 is 10.2 Å². The smallest absolute Gasteiger partial charge is 0.378 e. The van der Waals surface area contributed by atoms with Crippen LogP contribution in [0.4, 0.5) is 24.7 Å². The number of H-pyrrole nitrogens is 1. The number of ether oxygens (including phenoxy) is 1. The quantitative estimate of drug-likeness (QED) is 0.388. The lowest BCUT2D eigenvalue weighted by molar-refractivity contribution is -0.142. The van der Waals surface area contributed by atoms with Gasteiger partial charge < -0.3 is 19.9 Å². The molecule has 0 aliphatic carbocycles. The van der Waals surface area contributed by atoms with Crippen LogP contribution in [-0.4, -0.2) is 53.5 Å². The number of alkyl halides is 3. The Morgan fingerprint density at radius 2 is 1.74 bits per heavy atom. The molecule has 1 aliphatic rings. The number of aryl methyl sites for hydroxylation is 1. The van der Waals surface area contributed by atoms with Crippen LogP contribution in [0.5, 0.6) is 0 Å². The fraction of sp³-hybridized carbons (Fsp3) is 0.308. The number of nitrogens with zero attached hydrogens (tertiary/aromatic N) is 3. The Morgan fingerprint density at radius 3 is 2.43 bits per heavy atom. The molecule has 0 radical (unpaired) electrons. The number of aromatic nitrogens is 3. The molecule has 2 aromatic carbocycles. The predicted molar refractivity (Wildman–Crippen MR) is 131 cm³/mol. The zero-order valence-electron chi connectivity index (χ0n) is 19.3. The number of fused-ring (bicyclic) bond motifs is 1. The van der Waals surface area contributed by atoms with Crippen molar-refractivity contribution in [1.82, 2.24) is 15.0 Å². The van der Waals surface area contributed by atoms with E-state index in [4.69, 9.17) is 4.74 Å². The molecule has 2 aromatic heterocycles. The fourth-order valence-electron chi connectivity index (χ4n) is 4.27. The number of benzene rings is 2. The summed E-state index contributed by atoms with van der Waals surface area (Å²) in [4.78, 5) is 14.3. The van der Waals surface area contributed by atoms with E-state index in [2.05, 4.69) is 25.2 Å². The molecule has 0 saturated carbocycles. The fourth-order valence-corrected chi connectivity index (χ4v) is 4.27.